The standard InChI is InChI=1S/C17H22N2O2S/c1-19(2)16(14-8-9-22-12-14)11-18-17(20)10-13-4-6-15(21-3)7-5-13/h4-9,12,16H,10-11H2,1-3H3,(H,18,20)/t16-/m1/s1. The summed E-state index contributed by atoms with van der Waals surface area (Å²) >= 11 is 1.67. The molecule has 5 heteroatoms. The average molecular weight is 318 g/mol. The molecule has 0 fully saturated rings. The van der Waals surface area contributed by atoms with E-state index >= 15 is 0 Å². The number of methoxy groups -OCH3 is 1. The van der Waals surface area contributed by atoms with E-state index in [0.717, 1.165) is 11.3 Å². The van der Waals surface area contributed by atoms with Crippen molar-refractivity contribution in [2.45, 2.75) is 12.5 Å². The molecule has 0 radical (unpaired) electrons. The molecule has 1 amide bonds. The van der Waals surface area contributed by atoms with Crippen LogP contribution in [-0.2, 0) is 11.2 Å². The zero-order chi connectivity index (χ0) is 15.9. The molecule has 2 rings (SSSR count). The van der Waals surface area contributed by atoms with Gasteiger partial charge in [-0.1, -0.05) is 12.1 Å². The van der Waals surface area contributed by atoms with Gasteiger partial charge in [-0.15, -0.1) is 0 Å². The maximum Gasteiger partial charge on any atom is 0.224 e. The van der Waals surface area contributed by atoms with E-state index in [1.54, 1.807) is 18.4 Å². The SMILES string of the molecule is COc1ccc(CC(=O)NC[C@H](c2ccsc2)N(C)C)cc1. The minimum absolute atomic E-state index is 0.0345. The van der Waals surface area contributed by atoms with Gasteiger partial charge in [0.2, 0.25) is 5.91 Å². The summed E-state index contributed by atoms with van der Waals surface area (Å²) in [4.78, 5) is 14.2. The van der Waals surface area contributed by atoms with Crippen LogP contribution >= 0.6 is 11.3 Å². The number of hydrogen-bond acceptors (Lipinski definition) is 4. The normalized spacial score (nSPS) is 12.2. The van der Waals surface area contributed by atoms with Crippen LogP contribution in [0.5, 0.6) is 5.75 Å². The van der Waals surface area contributed by atoms with E-state index in [0.29, 0.717) is 13.0 Å². The summed E-state index contributed by atoms with van der Waals surface area (Å²) in [6, 6.07) is 9.88. The van der Waals surface area contributed by atoms with Crippen LogP contribution in [0.25, 0.3) is 0 Å². The Balaban J connectivity index is 1.88. The van der Waals surface area contributed by atoms with Gasteiger partial charge in [-0.2, -0.15) is 11.3 Å². The average Bonchev–Trinajstić information content (AvgIpc) is 3.02. The molecule has 0 saturated carbocycles. The van der Waals surface area contributed by atoms with Gasteiger partial charge in [-0.3, -0.25) is 4.79 Å². The van der Waals surface area contributed by atoms with Crippen LogP contribution in [0.15, 0.2) is 41.1 Å². The Morgan fingerprint density at radius 1 is 1.27 bits per heavy atom. The van der Waals surface area contributed by atoms with Crippen molar-refractivity contribution in [2.24, 2.45) is 0 Å². The zero-order valence-corrected chi connectivity index (χ0v) is 14.0. The first-order valence-electron chi connectivity index (χ1n) is 7.18. The molecule has 0 unspecified atom stereocenters. The Bertz CT molecular complexity index is 579. The molecule has 1 aromatic heterocycles. The van der Waals surface area contributed by atoms with Gasteiger partial charge in [0.15, 0.2) is 0 Å². The number of nitrogens with one attached hydrogen (secondary N) is 1. The summed E-state index contributed by atoms with van der Waals surface area (Å²) in [6.45, 7) is 0.610. The van der Waals surface area contributed by atoms with Crippen LogP contribution in [-0.4, -0.2) is 38.6 Å². The fourth-order valence-electron chi connectivity index (χ4n) is 2.26. The smallest absolute Gasteiger partial charge is 0.224 e. The van der Waals surface area contributed by atoms with E-state index in [1.165, 1.54) is 5.56 Å². The minimum Gasteiger partial charge on any atom is -0.497 e. The third-order valence-electron chi connectivity index (χ3n) is 3.57. The van der Waals surface area contributed by atoms with Crippen LogP contribution in [0.4, 0.5) is 0 Å². The molecular weight excluding hydrogens is 296 g/mol. The topological polar surface area (TPSA) is 41.6 Å². The molecule has 118 valence electrons. The van der Waals surface area contributed by atoms with Gasteiger partial charge in [-0.25, -0.2) is 0 Å². The lowest BCUT2D eigenvalue weighted by molar-refractivity contribution is -0.120. The maximum atomic E-state index is 12.1. The Labute approximate surface area is 135 Å². The molecule has 0 aliphatic carbocycles. The summed E-state index contributed by atoms with van der Waals surface area (Å²) in [5.41, 5.74) is 2.22. The van der Waals surface area contributed by atoms with E-state index in [4.69, 9.17) is 4.74 Å². The van der Waals surface area contributed by atoms with E-state index in [-0.39, 0.29) is 11.9 Å². The molecular formula is C17H22N2O2S. The number of rotatable bonds is 7. The van der Waals surface area contributed by atoms with Crippen molar-refractivity contribution in [2.75, 3.05) is 27.7 Å². The Hall–Kier alpha value is -1.85. The predicted molar refractivity (Wildman–Crippen MR) is 90.5 cm³/mol. The summed E-state index contributed by atoms with van der Waals surface area (Å²) in [5, 5.41) is 7.21. The second-order valence-corrected chi connectivity index (χ2v) is 6.15. The summed E-state index contributed by atoms with van der Waals surface area (Å²) in [7, 11) is 5.68. The first-order valence-corrected chi connectivity index (χ1v) is 8.12. The second kappa shape index (κ2) is 7.96. The van der Waals surface area contributed by atoms with E-state index in [1.807, 2.05) is 38.4 Å². The first kappa shape index (κ1) is 16.5. The van der Waals surface area contributed by atoms with Crippen molar-refractivity contribution in [3.63, 3.8) is 0 Å². The molecule has 1 heterocycles. The van der Waals surface area contributed by atoms with Gasteiger partial charge in [0.25, 0.3) is 0 Å². The van der Waals surface area contributed by atoms with Crippen LogP contribution < -0.4 is 10.1 Å². The van der Waals surface area contributed by atoms with Crippen molar-refractivity contribution in [3.05, 3.63) is 52.2 Å². The molecule has 0 bridgehead atoms. The van der Waals surface area contributed by atoms with Crippen molar-refractivity contribution in [1.82, 2.24) is 10.2 Å². The molecule has 1 atom stereocenters. The van der Waals surface area contributed by atoms with Gasteiger partial charge in [0, 0.05) is 6.54 Å². The van der Waals surface area contributed by atoms with E-state index in [9.17, 15) is 4.79 Å². The number of hydrogen-bond donors (Lipinski definition) is 1. The van der Waals surface area contributed by atoms with E-state index in [2.05, 4.69) is 27.0 Å². The fraction of sp³-hybridized carbons (Fsp3) is 0.353. The lowest BCUT2D eigenvalue weighted by atomic mass is 10.1. The Kier molecular flexibility index (Phi) is 5.98. The highest BCUT2D eigenvalue weighted by Gasteiger charge is 2.15. The Morgan fingerprint density at radius 2 is 2.00 bits per heavy atom. The third kappa shape index (κ3) is 4.58. The number of benzene rings is 1. The number of carbonyl (C=O) groups is 1. The molecule has 2 aromatic rings. The molecule has 22 heavy (non-hydrogen) atoms. The van der Waals surface area contributed by atoms with Crippen LogP contribution in [0.3, 0.4) is 0 Å². The zero-order valence-electron chi connectivity index (χ0n) is 13.2. The number of thiophene rings is 1. The number of likely N-dealkylation sites (N-methyl/N-ethyl adjacent to an activating group) is 1. The third-order valence-corrected chi connectivity index (χ3v) is 4.27. The van der Waals surface area contributed by atoms with Gasteiger partial charge < -0.3 is 15.0 Å². The monoisotopic (exact) mass is 318 g/mol. The van der Waals surface area contributed by atoms with Crippen molar-refractivity contribution in [1.29, 1.82) is 0 Å². The lowest BCUT2D eigenvalue weighted by Crippen LogP contribution is -2.35. The predicted octanol–water partition coefficient (Wildman–Crippen LogP) is 2.72. The van der Waals surface area contributed by atoms with Gasteiger partial charge in [-0.05, 0) is 54.2 Å². The summed E-state index contributed by atoms with van der Waals surface area (Å²) < 4.78 is 5.12. The van der Waals surface area contributed by atoms with Crippen LogP contribution in [0.1, 0.15) is 17.2 Å². The number of nitrogens with zero attached hydrogens (tertiary/aromatic N) is 1. The second-order valence-electron chi connectivity index (χ2n) is 5.37. The number of ether oxygens (including phenoxy) is 1. The quantitative estimate of drug-likeness (QED) is 0.853. The first-order chi connectivity index (χ1) is 10.6. The van der Waals surface area contributed by atoms with Gasteiger partial charge >= 0.3 is 0 Å². The molecule has 1 N–H and O–H groups in total. The molecule has 0 saturated heterocycles. The molecule has 4 nitrogen and oxygen atoms in total. The molecule has 0 aliphatic rings. The molecule has 0 aliphatic heterocycles. The molecule has 1 aromatic carbocycles. The highest BCUT2D eigenvalue weighted by Crippen LogP contribution is 2.20. The summed E-state index contributed by atoms with van der Waals surface area (Å²) in [5.74, 6) is 0.835. The number of amides is 1. The minimum atomic E-state index is 0.0345. The van der Waals surface area contributed by atoms with Crippen LogP contribution in [0.2, 0.25) is 0 Å². The Morgan fingerprint density at radius 3 is 2.55 bits per heavy atom. The van der Waals surface area contributed by atoms with Crippen molar-refractivity contribution >= 4 is 17.2 Å². The van der Waals surface area contributed by atoms with Crippen molar-refractivity contribution < 1.29 is 9.53 Å². The number of carbonyl (C=O) groups excluding carboxylic acids is 1. The largest absolute Gasteiger partial charge is 0.497 e. The van der Waals surface area contributed by atoms with Gasteiger partial charge in [0.1, 0.15) is 5.75 Å². The highest BCUT2D eigenvalue weighted by atomic mass is 32.1. The maximum absolute atomic E-state index is 12.1. The van der Waals surface area contributed by atoms with Crippen molar-refractivity contribution in [3.8, 4) is 5.75 Å². The van der Waals surface area contributed by atoms with E-state index < -0.39 is 0 Å². The van der Waals surface area contributed by atoms with Gasteiger partial charge in [0.05, 0.1) is 19.6 Å². The van der Waals surface area contributed by atoms with Crippen LogP contribution in [0, 0.1) is 0 Å². The fourth-order valence-corrected chi connectivity index (χ4v) is 2.97. The molecule has 0 spiro atoms. The lowest BCUT2D eigenvalue weighted by Gasteiger charge is -2.24. The highest BCUT2D eigenvalue weighted by molar-refractivity contribution is 7.07. The summed E-state index contributed by atoms with van der Waals surface area (Å²) in [6.07, 6.45) is 0.383.